The highest BCUT2D eigenvalue weighted by atomic mass is 15.2. The molecule has 8 heterocycles. The van der Waals surface area contributed by atoms with Crippen molar-refractivity contribution < 1.29 is 18.3 Å². The molecule has 0 amide bonds. The Morgan fingerprint density at radius 1 is 0.250 bits per heavy atom. The minimum atomic E-state index is 0.256. The van der Waals surface area contributed by atoms with Gasteiger partial charge in [-0.2, -0.15) is 49.8 Å². The molecule has 0 saturated heterocycles. The number of hydrogen-bond acceptors (Lipinski definition) is 6. The minimum Gasteiger partial charge on any atom is -0.324 e. The van der Waals surface area contributed by atoms with Crippen molar-refractivity contribution in [2.45, 2.75) is 214 Å². The molecule has 8 aromatic heterocycles. The Balaban J connectivity index is 0.000000154. The SMILES string of the molecule is Cc1ccc(C#N)cc1-c1n(-c2c(C(C)C)cc(-n3c(C)ccc3C)cc2C(C)C)cc(C#N)[n+]1C.Cc1ccc(C#N)cc1-c1n(-c2c(C(C)C)cc(-n3cccc3)cc2C(C)C)cc(C#N)[n+]1C.Cc1ccc(C#N)cc1-c1n(-c2c(C(C)C)cc(-n3cccc3)cc2C(C)C)cc[n+]1C.Cc1ccccc1-c1n(-c2c(C(C)C)cc(-n3c(C)ccc3C)cc2C(C)C)cc(C#N)[n+]1C. The van der Waals surface area contributed by atoms with E-state index in [4.69, 9.17) is 0 Å². The lowest BCUT2D eigenvalue weighted by molar-refractivity contribution is -0.662. The van der Waals surface area contributed by atoms with Gasteiger partial charge in [0.15, 0.2) is 18.6 Å². The minimum absolute atomic E-state index is 0.256. The van der Waals surface area contributed by atoms with Crippen LogP contribution in [0.15, 0.2) is 232 Å². The average Bonchev–Trinajstić information content (AvgIpc) is 1.56. The van der Waals surface area contributed by atoms with Crippen LogP contribution >= 0.6 is 0 Å². The van der Waals surface area contributed by atoms with Crippen LogP contribution in [0.2, 0.25) is 0 Å². The Morgan fingerprint density at radius 3 is 0.765 bits per heavy atom. The van der Waals surface area contributed by atoms with E-state index >= 15 is 0 Å². The summed E-state index contributed by atoms with van der Waals surface area (Å²) in [6, 6.07) is 75.0. The van der Waals surface area contributed by atoms with E-state index in [-0.39, 0.29) is 23.7 Å². The predicted octanol–water partition coefficient (Wildman–Crippen LogP) is 25.7. The number of benzene rings is 8. The third-order valence-corrected chi connectivity index (χ3v) is 26.4. The summed E-state index contributed by atoms with van der Waals surface area (Å²) in [6.07, 6.45) is 18.4. The van der Waals surface area contributed by atoms with E-state index < -0.39 is 0 Å². The first-order chi connectivity index (χ1) is 64.8. The van der Waals surface area contributed by atoms with Crippen molar-refractivity contribution in [2.75, 3.05) is 0 Å². The molecule has 0 aliphatic rings. The van der Waals surface area contributed by atoms with Crippen molar-refractivity contribution in [2.24, 2.45) is 28.2 Å². The smallest absolute Gasteiger partial charge is 0.295 e. The summed E-state index contributed by atoms with van der Waals surface area (Å²) in [6.45, 7) is 52.7. The van der Waals surface area contributed by atoms with E-state index in [1.807, 2.05) is 134 Å². The molecule has 0 N–H and O–H groups in total. The highest BCUT2D eigenvalue weighted by Crippen LogP contribution is 2.44. The maximum absolute atomic E-state index is 9.97. The molecule has 16 rings (SSSR count). The quantitative estimate of drug-likeness (QED) is 0.0680. The maximum Gasteiger partial charge on any atom is 0.295 e. The van der Waals surface area contributed by atoms with Crippen molar-refractivity contribution in [1.82, 2.24) is 36.5 Å². The molecule has 0 radical (unpaired) electrons. The van der Waals surface area contributed by atoms with Crippen molar-refractivity contribution in [3.8, 4) is 127 Å². The monoisotopic (exact) mass is 1800 g/mol. The van der Waals surface area contributed by atoms with Crippen molar-refractivity contribution in [1.29, 1.82) is 31.6 Å². The fraction of sp³-hybridized carbons (Fsp3) is 0.305. The Bertz CT molecular complexity index is 7300. The first-order valence-corrected chi connectivity index (χ1v) is 47.3. The van der Waals surface area contributed by atoms with Crippen LogP contribution < -0.4 is 18.3 Å². The van der Waals surface area contributed by atoms with Gasteiger partial charge in [0.1, 0.15) is 53.4 Å². The highest BCUT2D eigenvalue weighted by Gasteiger charge is 2.37. The molecule has 0 fully saturated rings. The summed E-state index contributed by atoms with van der Waals surface area (Å²) >= 11 is 0. The van der Waals surface area contributed by atoms with E-state index in [9.17, 15) is 31.6 Å². The van der Waals surface area contributed by atoms with Crippen LogP contribution in [0.5, 0.6) is 0 Å². The second kappa shape index (κ2) is 41.0. The van der Waals surface area contributed by atoms with Crippen molar-refractivity contribution >= 4 is 0 Å². The van der Waals surface area contributed by atoms with Crippen molar-refractivity contribution in [3.63, 3.8) is 0 Å². The van der Waals surface area contributed by atoms with Gasteiger partial charge in [-0.3, -0.25) is 0 Å². The number of nitrogens with zero attached hydrogens (tertiary/aromatic N) is 18. The van der Waals surface area contributed by atoms with Gasteiger partial charge in [0.2, 0.25) is 17.1 Å². The van der Waals surface area contributed by atoms with Crippen LogP contribution in [0, 0.1) is 123 Å². The zero-order chi connectivity index (χ0) is 98.6. The van der Waals surface area contributed by atoms with Crippen LogP contribution in [0.3, 0.4) is 0 Å². The maximum atomic E-state index is 9.97. The highest BCUT2D eigenvalue weighted by molar-refractivity contribution is 5.72. The Morgan fingerprint density at radius 2 is 0.500 bits per heavy atom. The molecule has 688 valence electrons. The first kappa shape index (κ1) is 98.2. The van der Waals surface area contributed by atoms with Gasteiger partial charge in [-0.05, 0) is 265 Å². The third kappa shape index (κ3) is 19.3. The molecule has 8 aromatic carbocycles. The predicted molar refractivity (Wildman–Crippen MR) is 546 cm³/mol. The number of nitriles is 6. The molecule has 0 saturated carbocycles. The summed E-state index contributed by atoms with van der Waals surface area (Å²) in [5.74, 6) is 6.26. The topological polar surface area (TPSA) is 198 Å². The second-order valence-electron chi connectivity index (χ2n) is 38.7. The third-order valence-electron chi connectivity index (χ3n) is 26.4. The number of rotatable bonds is 20. The van der Waals surface area contributed by atoms with Gasteiger partial charge < -0.3 is 18.3 Å². The van der Waals surface area contributed by atoms with E-state index in [0.29, 0.717) is 57.4 Å². The van der Waals surface area contributed by atoms with Gasteiger partial charge in [0.25, 0.3) is 23.3 Å². The standard InChI is InChI=1S/C31H34N5.C30H35N4.C29H30N5.C28H31N4/c1-19(2)27-14-25(36-22(6)10-11-23(36)7)15-28(20(3)4)30(27)35-18-26(17-33)34(8)31(35)29-13-24(16-32)12-9-21(29)5;1-19(2)27-15-24(34-22(6)13-14-23(34)7)16-28(20(3)4)29(27)33-18-25(17-31)32(8)30(33)26-12-10-9-11-21(26)5;1-19(2)25-14-23(33-11-7-8-12-33)15-26(20(3)4)28(25)34-18-24(17-31)32(6)29(34)27-13-22(16-30)10-9-21(27)5;1-19(2)24-16-23(31-11-7-8-12-31)17-25(20(3)4)27(24)32-14-13-30(6)28(32)26-15-22(18-29)10-9-21(26)5/h9-15,18-20H,1-8H3;9-16,18-20H,1-8H3;7-15,18-20H,1-6H3;7-17,19-20H,1-6H3/q4*+1. The van der Waals surface area contributed by atoms with Gasteiger partial charge in [0.05, 0.1) is 85.3 Å². The van der Waals surface area contributed by atoms with Crippen LogP contribution in [0.25, 0.3) is 91.1 Å². The Hall–Kier alpha value is -15.3. The molecule has 0 unspecified atom stereocenters. The zero-order valence-corrected chi connectivity index (χ0v) is 84.6. The lowest BCUT2D eigenvalue weighted by Gasteiger charge is -2.21. The van der Waals surface area contributed by atoms with Gasteiger partial charge in [-0.25, -0.2) is 18.3 Å². The van der Waals surface area contributed by atoms with Crippen LogP contribution in [0.1, 0.15) is 281 Å². The van der Waals surface area contributed by atoms with Crippen molar-refractivity contribution in [3.05, 3.63) is 355 Å². The Kier molecular flexibility index (Phi) is 29.6. The number of aromatic nitrogens is 12. The van der Waals surface area contributed by atoms with Crippen LogP contribution in [-0.2, 0) is 28.2 Å². The van der Waals surface area contributed by atoms with Gasteiger partial charge >= 0.3 is 0 Å². The fourth-order valence-electron chi connectivity index (χ4n) is 19.0. The molecule has 16 aromatic rings. The summed E-state index contributed by atoms with van der Waals surface area (Å²) in [4.78, 5) is 0. The molecule has 136 heavy (non-hydrogen) atoms. The molecule has 0 aliphatic heterocycles. The lowest BCUT2D eigenvalue weighted by Crippen LogP contribution is -2.33. The Labute approximate surface area is 805 Å². The number of imidazole rings is 4. The second-order valence-corrected chi connectivity index (χ2v) is 38.7. The summed E-state index contributed by atoms with van der Waals surface area (Å²) < 4.78 is 25.9. The van der Waals surface area contributed by atoms with E-state index in [0.717, 1.165) is 85.0 Å². The van der Waals surface area contributed by atoms with Crippen LogP contribution in [-0.4, -0.2) is 36.5 Å². The summed E-state index contributed by atoms with van der Waals surface area (Å²) in [5, 5.41) is 58.4. The number of aryl methyl sites for hydroxylation is 9. The normalized spacial score (nSPS) is 11.3. The molecule has 0 aliphatic carbocycles. The fourth-order valence-corrected chi connectivity index (χ4v) is 19.0. The van der Waals surface area contributed by atoms with Crippen LogP contribution in [0.4, 0.5) is 0 Å². The molecular formula is C118H130N18+4. The summed E-state index contributed by atoms with van der Waals surface area (Å²) in [7, 11) is 7.90. The van der Waals surface area contributed by atoms with Gasteiger partial charge in [0, 0.05) is 115 Å². The first-order valence-electron chi connectivity index (χ1n) is 47.3. The molecule has 0 bridgehead atoms. The molecule has 18 nitrogen and oxygen atoms in total. The van der Waals surface area contributed by atoms with Gasteiger partial charge in [-0.15, -0.1) is 0 Å². The van der Waals surface area contributed by atoms with E-state index in [1.165, 1.54) is 95.6 Å². The van der Waals surface area contributed by atoms with E-state index in [2.05, 4.69) is 383 Å². The molecular weight excluding hydrogens is 1670 g/mol. The molecule has 18 heteroatoms. The summed E-state index contributed by atoms with van der Waals surface area (Å²) in [5.41, 5.74) is 36.5. The average molecular weight is 1800 g/mol. The van der Waals surface area contributed by atoms with Gasteiger partial charge in [-0.1, -0.05) is 147 Å². The zero-order valence-electron chi connectivity index (χ0n) is 84.6. The molecule has 0 atom stereocenters. The number of hydrogen-bond donors (Lipinski definition) is 0. The molecule has 0 spiro atoms. The largest absolute Gasteiger partial charge is 0.324 e. The lowest BCUT2D eigenvalue weighted by atomic mass is 9.91. The van der Waals surface area contributed by atoms with E-state index in [1.54, 1.807) is 0 Å².